The molecular weight excluding hydrogens is 328 g/mol. The van der Waals surface area contributed by atoms with Crippen LogP contribution in [0.1, 0.15) is 33.6 Å². The molecule has 4 nitrogen and oxygen atoms in total. The highest BCUT2D eigenvalue weighted by Gasteiger charge is 2.32. The van der Waals surface area contributed by atoms with Crippen molar-refractivity contribution in [2.45, 2.75) is 49.6 Å². The lowest BCUT2D eigenvalue weighted by Crippen LogP contribution is -2.40. The van der Waals surface area contributed by atoms with Gasteiger partial charge in [-0.3, -0.25) is 0 Å². The van der Waals surface area contributed by atoms with Crippen molar-refractivity contribution in [1.29, 1.82) is 0 Å². The molecule has 0 bridgehead atoms. The van der Waals surface area contributed by atoms with Crippen molar-refractivity contribution in [3.8, 4) is 0 Å². The van der Waals surface area contributed by atoms with Gasteiger partial charge in [0.15, 0.2) is 4.34 Å². The van der Waals surface area contributed by atoms with Crippen molar-refractivity contribution in [3.63, 3.8) is 0 Å². The second kappa shape index (κ2) is 6.69. The van der Waals surface area contributed by atoms with Gasteiger partial charge in [-0.1, -0.05) is 23.9 Å². The van der Waals surface area contributed by atoms with Gasteiger partial charge in [0.05, 0.1) is 10.2 Å². The smallest absolute Gasteiger partial charge is 0.410 e. The van der Waals surface area contributed by atoms with Gasteiger partial charge in [0, 0.05) is 18.3 Å². The van der Waals surface area contributed by atoms with E-state index in [0.717, 1.165) is 35.0 Å². The summed E-state index contributed by atoms with van der Waals surface area (Å²) in [5.74, 6) is 0.874. The van der Waals surface area contributed by atoms with E-state index in [4.69, 9.17) is 4.74 Å². The van der Waals surface area contributed by atoms with Crippen LogP contribution in [0.2, 0.25) is 0 Å². The molecule has 1 aliphatic rings. The standard InChI is InChI=1S/C17H22N2O2S2/c1-17(2,3)21-16(20)19-10-6-7-12(19)11-22-15-18-13-8-4-5-9-14(13)23-15/h4-5,8-9,12H,6-7,10-11H2,1-3H3/t12-/m1/s1. The molecule has 23 heavy (non-hydrogen) atoms. The van der Waals surface area contributed by atoms with E-state index in [1.165, 1.54) is 4.70 Å². The number of carbonyl (C=O) groups excluding carboxylic acids is 1. The number of hydrogen-bond acceptors (Lipinski definition) is 5. The van der Waals surface area contributed by atoms with Crippen molar-refractivity contribution in [2.24, 2.45) is 0 Å². The number of nitrogens with zero attached hydrogens (tertiary/aromatic N) is 2. The van der Waals surface area contributed by atoms with E-state index >= 15 is 0 Å². The van der Waals surface area contributed by atoms with Gasteiger partial charge < -0.3 is 9.64 Å². The molecule has 1 aromatic carbocycles. The third-order valence-corrected chi connectivity index (χ3v) is 6.00. The summed E-state index contributed by atoms with van der Waals surface area (Å²) in [6, 6.07) is 8.42. The van der Waals surface area contributed by atoms with E-state index in [1.54, 1.807) is 23.1 Å². The molecule has 1 saturated heterocycles. The minimum atomic E-state index is -0.440. The number of likely N-dealkylation sites (tertiary alicyclic amines) is 1. The summed E-state index contributed by atoms with van der Waals surface area (Å²) in [7, 11) is 0. The van der Waals surface area contributed by atoms with Gasteiger partial charge in [0.2, 0.25) is 0 Å². The van der Waals surface area contributed by atoms with Crippen LogP contribution in [0, 0.1) is 0 Å². The molecule has 2 heterocycles. The van der Waals surface area contributed by atoms with Crippen LogP contribution in [0.3, 0.4) is 0 Å². The topological polar surface area (TPSA) is 42.4 Å². The van der Waals surface area contributed by atoms with Crippen LogP contribution < -0.4 is 0 Å². The molecule has 1 atom stereocenters. The Morgan fingerprint density at radius 2 is 2.22 bits per heavy atom. The fourth-order valence-corrected chi connectivity index (χ4v) is 4.90. The van der Waals surface area contributed by atoms with E-state index in [9.17, 15) is 4.79 Å². The highest BCUT2D eigenvalue weighted by Crippen LogP contribution is 2.32. The van der Waals surface area contributed by atoms with Crippen LogP contribution in [0.15, 0.2) is 28.6 Å². The Hall–Kier alpha value is -1.27. The Morgan fingerprint density at radius 3 is 2.96 bits per heavy atom. The molecule has 1 fully saturated rings. The summed E-state index contributed by atoms with van der Waals surface area (Å²) in [4.78, 5) is 18.8. The molecule has 0 radical (unpaired) electrons. The third kappa shape index (κ3) is 4.18. The minimum absolute atomic E-state index is 0.190. The summed E-state index contributed by atoms with van der Waals surface area (Å²) >= 11 is 3.46. The second-order valence-electron chi connectivity index (χ2n) is 6.73. The molecule has 1 aliphatic heterocycles. The summed E-state index contributed by atoms with van der Waals surface area (Å²) < 4.78 is 7.80. The molecule has 124 valence electrons. The van der Waals surface area contributed by atoms with E-state index in [0.29, 0.717) is 0 Å². The number of thiazole rings is 1. The Balaban J connectivity index is 1.61. The number of carbonyl (C=O) groups is 1. The molecule has 1 aromatic heterocycles. The average Bonchev–Trinajstić information content (AvgIpc) is 3.09. The molecule has 1 amide bonds. The van der Waals surface area contributed by atoms with Crippen molar-refractivity contribution < 1.29 is 9.53 Å². The molecule has 0 unspecified atom stereocenters. The van der Waals surface area contributed by atoms with Gasteiger partial charge in [-0.2, -0.15) is 0 Å². The maximum atomic E-state index is 12.3. The monoisotopic (exact) mass is 350 g/mol. The molecule has 0 spiro atoms. The van der Waals surface area contributed by atoms with Gasteiger partial charge in [0.25, 0.3) is 0 Å². The van der Waals surface area contributed by atoms with Crippen molar-refractivity contribution in [1.82, 2.24) is 9.88 Å². The second-order valence-corrected chi connectivity index (χ2v) is 9.03. The average molecular weight is 351 g/mol. The van der Waals surface area contributed by atoms with E-state index in [2.05, 4.69) is 11.1 Å². The number of para-hydroxylation sites is 1. The fourth-order valence-electron chi connectivity index (χ4n) is 2.65. The highest BCUT2D eigenvalue weighted by atomic mass is 32.2. The summed E-state index contributed by atoms with van der Waals surface area (Å²) in [5.41, 5.74) is 0.611. The number of amides is 1. The lowest BCUT2D eigenvalue weighted by Gasteiger charge is -2.28. The zero-order chi connectivity index (χ0) is 16.4. The summed E-state index contributed by atoms with van der Waals surface area (Å²) in [5, 5.41) is 0. The zero-order valence-corrected chi connectivity index (χ0v) is 15.4. The first-order valence-electron chi connectivity index (χ1n) is 7.90. The van der Waals surface area contributed by atoms with Crippen LogP contribution in [0.25, 0.3) is 10.2 Å². The van der Waals surface area contributed by atoms with Crippen LogP contribution in [-0.2, 0) is 4.74 Å². The first kappa shape index (κ1) is 16.6. The van der Waals surface area contributed by atoms with Crippen LogP contribution in [0.5, 0.6) is 0 Å². The number of benzene rings is 1. The number of ether oxygens (including phenoxy) is 1. The van der Waals surface area contributed by atoms with E-state index < -0.39 is 5.60 Å². The molecule has 0 saturated carbocycles. The lowest BCUT2D eigenvalue weighted by atomic mass is 10.2. The molecule has 3 rings (SSSR count). The number of hydrogen-bond donors (Lipinski definition) is 0. The van der Waals surface area contributed by atoms with Gasteiger partial charge >= 0.3 is 6.09 Å². The van der Waals surface area contributed by atoms with Gasteiger partial charge in [-0.05, 0) is 45.7 Å². The zero-order valence-electron chi connectivity index (χ0n) is 13.7. The maximum absolute atomic E-state index is 12.3. The van der Waals surface area contributed by atoms with Gasteiger partial charge in [-0.15, -0.1) is 11.3 Å². The number of fused-ring (bicyclic) bond motifs is 1. The normalized spacial score (nSPS) is 18.6. The first-order valence-corrected chi connectivity index (χ1v) is 9.70. The van der Waals surface area contributed by atoms with E-state index in [-0.39, 0.29) is 12.1 Å². The number of thioether (sulfide) groups is 1. The summed E-state index contributed by atoms with van der Waals surface area (Å²) in [6.45, 7) is 6.52. The Morgan fingerprint density at radius 1 is 1.43 bits per heavy atom. The Bertz CT molecular complexity index is 660. The third-order valence-electron chi connectivity index (χ3n) is 3.68. The molecule has 0 aliphatic carbocycles. The predicted octanol–water partition coefficient (Wildman–Crippen LogP) is 4.79. The largest absolute Gasteiger partial charge is 0.444 e. The predicted molar refractivity (Wildman–Crippen MR) is 96.3 cm³/mol. The molecule has 6 heteroatoms. The highest BCUT2D eigenvalue weighted by molar-refractivity contribution is 8.01. The number of aromatic nitrogens is 1. The molecule has 0 N–H and O–H groups in total. The quantitative estimate of drug-likeness (QED) is 0.747. The number of rotatable bonds is 3. The van der Waals surface area contributed by atoms with Crippen LogP contribution in [0.4, 0.5) is 4.79 Å². The molecule has 2 aromatic rings. The van der Waals surface area contributed by atoms with Crippen LogP contribution in [-0.4, -0.2) is 39.9 Å². The summed E-state index contributed by atoms with van der Waals surface area (Å²) in [6.07, 6.45) is 1.89. The van der Waals surface area contributed by atoms with Gasteiger partial charge in [0.1, 0.15) is 5.60 Å². The van der Waals surface area contributed by atoms with Crippen molar-refractivity contribution >= 4 is 39.4 Å². The van der Waals surface area contributed by atoms with E-state index in [1.807, 2.05) is 43.9 Å². The van der Waals surface area contributed by atoms with Crippen molar-refractivity contribution in [3.05, 3.63) is 24.3 Å². The lowest BCUT2D eigenvalue weighted by molar-refractivity contribution is 0.0242. The minimum Gasteiger partial charge on any atom is -0.444 e. The molecular formula is C17H22N2O2S2. The first-order chi connectivity index (χ1) is 10.9. The maximum Gasteiger partial charge on any atom is 0.410 e. The Labute approximate surface area is 145 Å². The fraction of sp³-hybridized carbons (Fsp3) is 0.529. The van der Waals surface area contributed by atoms with Gasteiger partial charge in [-0.25, -0.2) is 9.78 Å². The van der Waals surface area contributed by atoms with Crippen LogP contribution >= 0.6 is 23.1 Å². The van der Waals surface area contributed by atoms with Crippen molar-refractivity contribution in [2.75, 3.05) is 12.3 Å². The SMILES string of the molecule is CC(C)(C)OC(=O)N1CCC[C@@H]1CSc1nc2ccccc2s1. The Kier molecular flexibility index (Phi) is 4.82.